The number of ether oxygens (including phenoxy) is 3. The van der Waals surface area contributed by atoms with E-state index in [2.05, 4.69) is 10.6 Å². The Labute approximate surface area is 191 Å². The molecule has 1 aromatic carbocycles. The molecule has 1 heterocycles. The first-order valence-corrected chi connectivity index (χ1v) is 11.5. The van der Waals surface area contributed by atoms with Gasteiger partial charge in [0.2, 0.25) is 0 Å². The molecule has 2 amide bonds. The van der Waals surface area contributed by atoms with E-state index in [0.29, 0.717) is 16.4 Å². The van der Waals surface area contributed by atoms with Crippen LogP contribution in [0.5, 0.6) is 11.5 Å². The maximum Gasteiger partial charge on any atom is 0.340 e. The molecular formula is C23H28N2O6S. The number of methoxy groups -OCH3 is 2. The largest absolute Gasteiger partial charge is 0.493 e. The van der Waals surface area contributed by atoms with Gasteiger partial charge in [-0.3, -0.25) is 9.59 Å². The van der Waals surface area contributed by atoms with Crippen LogP contribution in [0.3, 0.4) is 0 Å². The SMILES string of the molecule is COc1cc(NC(=O)c2cccs2)c(C(=O)OCC(=O)NC2CCCCCC2)cc1OC. The molecule has 0 bridgehead atoms. The highest BCUT2D eigenvalue weighted by atomic mass is 32.1. The van der Waals surface area contributed by atoms with Crippen LogP contribution in [0.25, 0.3) is 0 Å². The van der Waals surface area contributed by atoms with Gasteiger partial charge in [-0.25, -0.2) is 4.79 Å². The van der Waals surface area contributed by atoms with Crippen molar-refractivity contribution in [3.8, 4) is 11.5 Å². The Balaban J connectivity index is 1.71. The molecule has 0 spiro atoms. The van der Waals surface area contributed by atoms with Crippen molar-refractivity contribution in [2.24, 2.45) is 0 Å². The second-order valence-electron chi connectivity index (χ2n) is 7.52. The zero-order chi connectivity index (χ0) is 22.9. The minimum absolute atomic E-state index is 0.0647. The number of thiophene rings is 1. The van der Waals surface area contributed by atoms with E-state index < -0.39 is 12.6 Å². The minimum atomic E-state index is -0.747. The van der Waals surface area contributed by atoms with Gasteiger partial charge in [-0.05, 0) is 24.3 Å². The fourth-order valence-electron chi connectivity index (χ4n) is 3.64. The van der Waals surface area contributed by atoms with E-state index in [9.17, 15) is 14.4 Å². The van der Waals surface area contributed by atoms with Gasteiger partial charge >= 0.3 is 5.97 Å². The average Bonchev–Trinajstić information content (AvgIpc) is 3.23. The van der Waals surface area contributed by atoms with E-state index in [4.69, 9.17) is 14.2 Å². The third-order valence-electron chi connectivity index (χ3n) is 5.29. The van der Waals surface area contributed by atoms with Gasteiger partial charge in [-0.2, -0.15) is 0 Å². The number of esters is 1. The first kappa shape index (κ1) is 23.6. The van der Waals surface area contributed by atoms with Gasteiger partial charge in [0.1, 0.15) is 0 Å². The lowest BCUT2D eigenvalue weighted by molar-refractivity contribution is -0.125. The van der Waals surface area contributed by atoms with E-state index in [1.165, 1.54) is 50.5 Å². The number of nitrogens with one attached hydrogen (secondary N) is 2. The average molecular weight is 461 g/mol. The van der Waals surface area contributed by atoms with Gasteiger partial charge in [0, 0.05) is 18.2 Å². The lowest BCUT2D eigenvalue weighted by Crippen LogP contribution is -2.37. The van der Waals surface area contributed by atoms with Crippen LogP contribution in [-0.4, -0.2) is 44.7 Å². The lowest BCUT2D eigenvalue weighted by atomic mass is 10.1. The molecule has 1 saturated carbocycles. The van der Waals surface area contributed by atoms with Crippen LogP contribution in [-0.2, 0) is 9.53 Å². The predicted octanol–water partition coefficient (Wildman–Crippen LogP) is 4.01. The van der Waals surface area contributed by atoms with Gasteiger partial charge < -0.3 is 24.8 Å². The predicted molar refractivity (Wildman–Crippen MR) is 122 cm³/mol. The molecule has 8 nitrogen and oxygen atoms in total. The normalized spacial score (nSPS) is 14.2. The van der Waals surface area contributed by atoms with Gasteiger partial charge in [-0.1, -0.05) is 31.7 Å². The molecule has 9 heteroatoms. The number of carbonyl (C=O) groups excluding carboxylic acids is 3. The van der Waals surface area contributed by atoms with Crippen LogP contribution >= 0.6 is 11.3 Å². The summed E-state index contributed by atoms with van der Waals surface area (Å²) in [6.07, 6.45) is 6.41. The molecule has 0 saturated heterocycles. The van der Waals surface area contributed by atoms with E-state index in [1.807, 2.05) is 0 Å². The molecule has 0 atom stereocenters. The molecule has 1 aromatic heterocycles. The number of benzene rings is 1. The van der Waals surface area contributed by atoms with Crippen LogP contribution in [0.4, 0.5) is 5.69 Å². The molecule has 2 aromatic rings. The molecular weight excluding hydrogens is 432 g/mol. The Bertz CT molecular complexity index is 936. The highest BCUT2D eigenvalue weighted by Gasteiger charge is 2.22. The zero-order valence-corrected chi connectivity index (χ0v) is 19.1. The summed E-state index contributed by atoms with van der Waals surface area (Å²) in [5.74, 6) is -0.807. The summed E-state index contributed by atoms with van der Waals surface area (Å²) >= 11 is 1.28. The van der Waals surface area contributed by atoms with Gasteiger partial charge in [-0.15, -0.1) is 11.3 Å². The van der Waals surface area contributed by atoms with Crippen LogP contribution in [0.15, 0.2) is 29.6 Å². The third kappa shape index (κ3) is 6.23. The van der Waals surface area contributed by atoms with Crippen molar-refractivity contribution in [1.82, 2.24) is 5.32 Å². The smallest absolute Gasteiger partial charge is 0.340 e. The molecule has 0 radical (unpaired) electrons. The summed E-state index contributed by atoms with van der Waals surface area (Å²) in [7, 11) is 2.90. The minimum Gasteiger partial charge on any atom is -0.493 e. The molecule has 1 aliphatic rings. The summed E-state index contributed by atoms with van der Waals surface area (Å²) in [6, 6.07) is 6.47. The van der Waals surface area contributed by atoms with Crippen LogP contribution in [0, 0.1) is 0 Å². The van der Waals surface area contributed by atoms with E-state index in [1.54, 1.807) is 17.5 Å². The second kappa shape index (κ2) is 11.5. The Morgan fingerprint density at radius 2 is 1.72 bits per heavy atom. The number of hydrogen-bond donors (Lipinski definition) is 2. The second-order valence-corrected chi connectivity index (χ2v) is 8.46. The number of amides is 2. The summed E-state index contributed by atoms with van der Waals surface area (Å²) in [6.45, 7) is -0.401. The van der Waals surface area contributed by atoms with Gasteiger partial charge in [0.25, 0.3) is 11.8 Å². The Morgan fingerprint density at radius 3 is 2.34 bits per heavy atom. The monoisotopic (exact) mass is 460 g/mol. The molecule has 172 valence electrons. The maximum absolute atomic E-state index is 12.8. The van der Waals surface area contributed by atoms with Crippen molar-refractivity contribution in [1.29, 1.82) is 0 Å². The molecule has 1 fully saturated rings. The van der Waals surface area contributed by atoms with Crippen molar-refractivity contribution in [3.05, 3.63) is 40.1 Å². The summed E-state index contributed by atoms with van der Waals surface area (Å²) in [5.41, 5.74) is 0.269. The molecule has 32 heavy (non-hydrogen) atoms. The number of anilines is 1. The van der Waals surface area contributed by atoms with Crippen molar-refractivity contribution in [3.63, 3.8) is 0 Å². The van der Waals surface area contributed by atoms with Gasteiger partial charge in [0.05, 0.1) is 30.3 Å². The first-order chi connectivity index (χ1) is 15.5. The Kier molecular flexibility index (Phi) is 8.49. The molecule has 2 N–H and O–H groups in total. The molecule has 1 aliphatic carbocycles. The lowest BCUT2D eigenvalue weighted by Gasteiger charge is -2.17. The molecule has 0 unspecified atom stereocenters. The fraction of sp³-hybridized carbons (Fsp3) is 0.435. The van der Waals surface area contributed by atoms with Gasteiger partial charge in [0.15, 0.2) is 18.1 Å². The van der Waals surface area contributed by atoms with Crippen molar-refractivity contribution in [2.75, 3.05) is 26.1 Å². The summed E-state index contributed by atoms with van der Waals surface area (Å²) < 4.78 is 15.8. The van der Waals surface area contributed by atoms with Crippen molar-refractivity contribution in [2.45, 2.75) is 44.6 Å². The maximum atomic E-state index is 12.8. The number of rotatable bonds is 8. The fourth-order valence-corrected chi connectivity index (χ4v) is 4.26. The zero-order valence-electron chi connectivity index (χ0n) is 18.3. The van der Waals surface area contributed by atoms with Crippen LogP contribution < -0.4 is 20.1 Å². The van der Waals surface area contributed by atoms with Crippen LogP contribution in [0.2, 0.25) is 0 Å². The van der Waals surface area contributed by atoms with E-state index >= 15 is 0 Å². The first-order valence-electron chi connectivity index (χ1n) is 10.6. The highest BCUT2D eigenvalue weighted by Crippen LogP contribution is 2.34. The molecule has 0 aliphatic heterocycles. The number of hydrogen-bond acceptors (Lipinski definition) is 7. The Morgan fingerprint density at radius 1 is 1.03 bits per heavy atom. The van der Waals surface area contributed by atoms with E-state index in [0.717, 1.165) is 25.7 Å². The highest BCUT2D eigenvalue weighted by molar-refractivity contribution is 7.12. The van der Waals surface area contributed by atoms with Crippen molar-refractivity contribution >= 4 is 34.8 Å². The topological polar surface area (TPSA) is 103 Å². The number of carbonyl (C=O) groups is 3. The summed E-state index contributed by atoms with van der Waals surface area (Å²) in [4.78, 5) is 38.1. The molecule has 3 rings (SSSR count). The summed E-state index contributed by atoms with van der Waals surface area (Å²) in [5, 5.41) is 7.44. The standard InChI is InChI=1S/C23H28N2O6S/c1-29-18-12-16(17(13-19(18)30-2)25-22(27)20-10-7-11-32-20)23(28)31-14-21(26)24-15-8-5-3-4-6-9-15/h7,10-13,15H,3-6,8-9,14H2,1-2H3,(H,24,26)(H,25,27). The van der Waals surface area contributed by atoms with Crippen molar-refractivity contribution < 1.29 is 28.6 Å². The van der Waals surface area contributed by atoms with E-state index in [-0.39, 0.29) is 29.1 Å². The van der Waals surface area contributed by atoms with Crippen LogP contribution in [0.1, 0.15) is 58.6 Å². The quantitative estimate of drug-likeness (QED) is 0.456. The Hall–Kier alpha value is -3.07. The third-order valence-corrected chi connectivity index (χ3v) is 6.16.